The van der Waals surface area contributed by atoms with Gasteiger partial charge in [0.2, 0.25) is 5.91 Å². The van der Waals surface area contributed by atoms with Crippen LogP contribution in [0.4, 0.5) is 0 Å². The highest BCUT2D eigenvalue weighted by Crippen LogP contribution is 2.03. The lowest BCUT2D eigenvalue weighted by atomic mass is 10.1. The van der Waals surface area contributed by atoms with Crippen LogP contribution >= 0.6 is 0 Å². The van der Waals surface area contributed by atoms with Gasteiger partial charge in [0.25, 0.3) is 0 Å². The summed E-state index contributed by atoms with van der Waals surface area (Å²) in [5.74, 6) is 2.71. The van der Waals surface area contributed by atoms with Gasteiger partial charge in [-0.05, 0) is 6.92 Å². The van der Waals surface area contributed by atoms with Crippen LogP contribution in [0.5, 0.6) is 0 Å². The van der Waals surface area contributed by atoms with Gasteiger partial charge in [0.05, 0.1) is 6.04 Å². The minimum atomic E-state index is 0.0117. The minimum Gasteiger partial charge on any atom is -0.339 e. The van der Waals surface area contributed by atoms with E-state index in [1.165, 1.54) is 0 Å². The summed E-state index contributed by atoms with van der Waals surface area (Å²) in [7, 11) is 0. The highest BCUT2D eigenvalue weighted by Gasteiger charge is 2.23. The molecule has 0 spiro atoms. The summed E-state index contributed by atoms with van der Waals surface area (Å²) in [6.45, 7) is 4.99. The lowest BCUT2D eigenvalue weighted by Gasteiger charge is -2.34. The van der Waals surface area contributed by atoms with Gasteiger partial charge in [-0.15, -0.1) is 6.42 Å². The molecule has 0 unspecified atom stereocenters. The first-order chi connectivity index (χ1) is 5.63. The Labute approximate surface area is 73.1 Å². The van der Waals surface area contributed by atoms with E-state index in [9.17, 15) is 4.79 Å². The van der Waals surface area contributed by atoms with Crippen LogP contribution in [0.3, 0.4) is 0 Å². The van der Waals surface area contributed by atoms with E-state index in [-0.39, 0.29) is 11.9 Å². The third kappa shape index (κ3) is 1.99. The van der Waals surface area contributed by atoms with E-state index in [1.54, 1.807) is 11.8 Å². The number of rotatable bonds is 0. The van der Waals surface area contributed by atoms with Gasteiger partial charge in [0, 0.05) is 26.1 Å². The van der Waals surface area contributed by atoms with Crippen molar-refractivity contribution in [3.63, 3.8) is 0 Å². The molecule has 0 radical (unpaired) electrons. The third-order valence-electron chi connectivity index (χ3n) is 2.03. The van der Waals surface area contributed by atoms with Crippen molar-refractivity contribution >= 4 is 5.91 Å². The molecule has 1 heterocycles. The number of carbonyl (C=O) groups excluding carboxylic acids is 1. The maximum absolute atomic E-state index is 11.0. The number of carbonyl (C=O) groups is 1. The molecule has 3 nitrogen and oxygen atoms in total. The molecule has 1 N–H and O–H groups in total. The Kier molecular flexibility index (Phi) is 2.72. The van der Waals surface area contributed by atoms with Crippen LogP contribution in [0.15, 0.2) is 0 Å². The molecule has 1 rings (SSSR count). The van der Waals surface area contributed by atoms with Crippen molar-refractivity contribution in [1.82, 2.24) is 10.2 Å². The van der Waals surface area contributed by atoms with E-state index >= 15 is 0 Å². The second-order valence-electron chi connectivity index (χ2n) is 3.21. The van der Waals surface area contributed by atoms with E-state index in [0.29, 0.717) is 12.6 Å². The average Bonchev–Trinajstić information content (AvgIpc) is 2.03. The molecule has 1 fully saturated rings. The Hall–Kier alpha value is -1.01. The lowest BCUT2D eigenvalue weighted by molar-refractivity contribution is -0.130. The van der Waals surface area contributed by atoms with Gasteiger partial charge in [-0.2, -0.15) is 0 Å². The molecule has 0 aromatic heterocycles. The first kappa shape index (κ1) is 9.08. The number of terminal acetylenes is 1. The number of nitrogens with zero attached hydrogens (tertiary/aromatic N) is 1. The second-order valence-corrected chi connectivity index (χ2v) is 3.21. The summed E-state index contributed by atoms with van der Waals surface area (Å²) in [5, 5.41) is 3.22. The van der Waals surface area contributed by atoms with Crippen LogP contribution in [0, 0.1) is 12.3 Å². The molecule has 2 atom stereocenters. The molecule has 1 aliphatic heterocycles. The summed E-state index contributed by atoms with van der Waals surface area (Å²) < 4.78 is 0. The highest BCUT2D eigenvalue weighted by molar-refractivity contribution is 5.73. The first-order valence-corrected chi connectivity index (χ1v) is 4.11. The fourth-order valence-corrected chi connectivity index (χ4v) is 1.43. The van der Waals surface area contributed by atoms with E-state index < -0.39 is 0 Å². The first-order valence-electron chi connectivity index (χ1n) is 4.11. The van der Waals surface area contributed by atoms with Crippen molar-refractivity contribution in [1.29, 1.82) is 0 Å². The highest BCUT2D eigenvalue weighted by atomic mass is 16.2. The van der Waals surface area contributed by atoms with Crippen molar-refractivity contribution in [2.24, 2.45) is 0 Å². The zero-order chi connectivity index (χ0) is 9.14. The Morgan fingerprint density at radius 1 is 1.67 bits per heavy atom. The van der Waals surface area contributed by atoms with Crippen molar-refractivity contribution < 1.29 is 4.79 Å². The van der Waals surface area contributed by atoms with E-state index in [1.807, 2.05) is 6.92 Å². The fraction of sp³-hybridized carbons (Fsp3) is 0.667. The van der Waals surface area contributed by atoms with Crippen molar-refractivity contribution in [2.45, 2.75) is 25.9 Å². The summed E-state index contributed by atoms with van der Waals surface area (Å²) in [5.41, 5.74) is 0. The summed E-state index contributed by atoms with van der Waals surface area (Å²) in [6.07, 6.45) is 5.28. The molecule has 0 aromatic rings. The topological polar surface area (TPSA) is 32.3 Å². The normalized spacial score (nSPS) is 29.6. The van der Waals surface area contributed by atoms with Gasteiger partial charge < -0.3 is 4.90 Å². The lowest BCUT2D eigenvalue weighted by Crippen LogP contribution is -2.56. The summed E-state index contributed by atoms with van der Waals surface area (Å²) >= 11 is 0. The standard InChI is InChI=1S/C9H14N2O/c1-4-9-6-11(8(3)12)5-7(2)10-9/h1,7,9-10H,5-6H2,2-3H3/t7-,9+/m0/s1. The van der Waals surface area contributed by atoms with Gasteiger partial charge in [-0.3, -0.25) is 10.1 Å². The SMILES string of the molecule is C#C[C@@H]1CN(C(C)=O)C[C@H](C)N1. The monoisotopic (exact) mass is 166 g/mol. The van der Waals surface area contributed by atoms with E-state index in [0.717, 1.165) is 6.54 Å². The Morgan fingerprint density at radius 3 is 2.83 bits per heavy atom. The smallest absolute Gasteiger partial charge is 0.219 e. The number of piperazine rings is 1. The van der Waals surface area contributed by atoms with Crippen molar-refractivity contribution in [2.75, 3.05) is 13.1 Å². The van der Waals surface area contributed by atoms with E-state index in [4.69, 9.17) is 6.42 Å². The molecular formula is C9H14N2O. The largest absolute Gasteiger partial charge is 0.339 e. The zero-order valence-electron chi connectivity index (χ0n) is 7.50. The Balaban J connectivity index is 2.58. The van der Waals surface area contributed by atoms with Crippen LogP contribution in [-0.4, -0.2) is 36.0 Å². The molecule has 0 aromatic carbocycles. The molecular weight excluding hydrogens is 152 g/mol. The molecule has 3 heteroatoms. The molecule has 0 saturated carbocycles. The van der Waals surface area contributed by atoms with Gasteiger partial charge in [0.15, 0.2) is 0 Å². The van der Waals surface area contributed by atoms with Crippen LogP contribution in [-0.2, 0) is 4.79 Å². The summed E-state index contributed by atoms with van der Waals surface area (Å²) in [6, 6.07) is 0.307. The van der Waals surface area contributed by atoms with Gasteiger partial charge >= 0.3 is 0 Å². The molecule has 12 heavy (non-hydrogen) atoms. The van der Waals surface area contributed by atoms with E-state index in [2.05, 4.69) is 11.2 Å². The molecule has 1 amide bonds. The van der Waals surface area contributed by atoms with Gasteiger partial charge in [-0.1, -0.05) is 5.92 Å². The quantitative estimate of drug-likeness (QED) is 0.507. The van der Waals surface area contributed by atoms with Crippen molar-refractivity contribution in [3.05, 3.63) is 0 Å². The number of hydrogen-bond acceptors (Lipinski definition) is 2. The molecule has 0 bridgehead atoms. The zero-order valence-corrected chi connectivity index (χ0v) is 7.50. The number of hydrogen-bond donors (Lipinski definition) is 1. The van der Waals surface area contributed by atoms with Crippen molar-refractivity contribution in [3.8, 4) is 12.3 Å². The van der Waals surface area contributed by atoms with Crippen LogP contribution in [0.25, 0.3) is 0 Å². The molecule has 1 aliphatic rings. The van der Waals surface area contributed by atoms with Gasteiger partial charge in [0.1, 0.15) is 0 Å². The average molecular weight is 166 g/mol. The van der Waals surface area contributed by atoms with Crippen LogP contribution < -0.4 is 5.32 Å². The Bertz CT molecular complexity index is 219. The predicted octanol–water partition coefficient (Wildman–Crippen LogP) is -0.172. The number of nitrogens with one attached hydrogen (secondary N) is 1. The minimum absolute atomic E-state index is 0.0117. The van der Waals surface area contributed by atoms with Crippen LogP contribution in [0.1, 0.15) is 13.8 Å². The van der Waals surface area contributed by atoms with Crippen LogP contribution in [0.2, 0.25) is 0 Å². The maximum Gasteiger partial charge on any atom is 0.219 e. The Morgan fingerprint density at radius 2 is 2.33 bits per heavy atom. The summed E-state index contributed by atoms with van der Waals surface area (Å²) in [4.78, 5) is 12.8. The maximum atomic E-state index is 11.0. The predicted molar refractivity (Wildman–Crippen MR) is 47.5 cm³/mol. The molecule has 1 saturated heterocycles. The van der Waals surface area contributed by atoms with Gasteiger partial charge in [-0.25, -0.2) is 0 Å². The number of amides is 1. The molecule has 66 valence electrons. The molecule has 0 aliphatic carbocycles. The second kappa shape index (κ2) is 3.59. The fourth-order valence-electron chi connectivity index (χ4n) is 1.43. The third-order valence-corrected chi connectivity index (χ3v) is 2.03.